The quantitative estimate of drug-likeness (QED) is 0.659. The Kier molecular flexibility index (Phi) is 5.86. The number of hydrogen-bond acceptors (Lipinski definition) is 4. The van der Waals surface area contributed by atoms with Crippen LogP contribution < -0.4 is 10.6 Å². The van der Waals surface area contributed by atoms with Crippen LogP contribution >= 0.6 is 12.2 Å². The summed E-state index contributed by atoms with van der Waals surface area (Å²) in [6.45, 7) is 0. The zero-order chi connectivity index (χ0) is 17.5. The van der Waals surface area contributed by atoms with E-state index in [9.17, 15) is 9.59 Å². The van der Waals surface area contributed by atoms with Gasteiger partial charge in [0.25, 0.3) is 5.91 Å². The van der Waals surface area contributed by atoms with Crippen LogP contribution in [0.5, 0.6) is 0 Å². The molecule has 124 valence electrons. The molecule has 2 rings (SSSR count). The molecule has 0 saturated heterocycles. The summed E-state index contributed by atoms with van der Waals surface area (Å²) in [6, 6.07) is 10.4. The molecule has 6 nitrogen and oxygen atoms in total. The average molecular weight is 343 g/mol. The van der Waals surface area contributed by atoms with E-state index in [2.05, 4.69) is 10.6 Å². The highest BCUT2D eigenvalue weighted by Crippen LogP contribution is 2.16. The standard InChI is InChI=1S/C17H17N3O3S/c1-20(2)16(22)13-7-3-4-8-14(13)18-17(24)19-15(21)10-9-12-6-5-11-23-12/h3-11H,1-2H3,(H2,18,19,21,24)/b10-9+. The van der Waals surface area contributed by atoms with Crippen LogP contribution in [-0.2, 0) is 4.79 Å². The topological polar surface area (TPSA) is 74.6 Å². The lowest BCUT2D eigenvalue weighted by Gasteiger charge is -2.15. The number of anilines is 1. The van der Waals surface area contributed by atoms with Crippen LogP contribution in [0.25, 0.3) is 6.08 Å². The number of benzene rings is 1. The Morgan fingerprint density at radius 3 is 2.58 bits per heavy atom. The largest absolute Gasteiger partial charge is 0.465 e. The lowest BCUT2D eigenvalue weighted by atomic mass is 10.1. The van der Waals surface area contributed by atoms with Crippen LogP contribution in [0.3, 0.4) is 0 Å². The first-order valence-electron chi connectivity index (χ1n) is 7.11. The third-order valence-electron chi connectivity index (χ3n) is 2.99. The van der Waals surface area contributed by atoms with Crippen LogP contribution in [0.4, 0.5) is 5.69 Å². The van der Waals surface area contributed by atoms with Crippen molar-refractivity contribution >= 4 is 40.9 Å². The Morgan fingerprint density at radius 1 is 1.17 bits per heavy atom. The molecule has 0 unspecified atom stereocenters. The Balaban J connectivity index is 2.00. The molecule has 0 aliphatic carbocycles. The summed E-state index contributed by atoms with van der Waals surface area (Å²) in [5, 5.41) is 5.48. The van der Waals surface area contributed by atoms with Gasteiger partial charge in [-0.3, -0.25) is 14.9 Å². The van der Waals surface area contributed by atoms with Crippen molar-refractivity contribution in [2.24, 2.45) is 0 Å². The smallest absolute Gasteiger partial charge is 0.255 e. The van der Waals surface area contributed by atoms with Gasteiger partial charge in [-0.15, -0.1) is 0 Å². The first-order valence-corrected chi connectivity index (χ1v) is 7.52. The summed E-state index contributed by atoms with van der Waals surface area (Å²) in [6.07, 6.45) is 4.35. The molecule has 1 heterocycles. The predicted octanol–water partition coefficient (Wildman–Crippen LogP) is 2.51. The fourth-order valence-corrected chi connectivity index (χ4v) is 2.08. The highest BCUT2D eigenvalue weighted by Gasteiger charge is 2.13. The number of thiocarbonyl (C=S) groups is 1. The predicted molar refractivity (Wildman–Crippen MR) is 96.6 cm³/mol. The van der Waals surface area contributed by atoms with Gasteiger partial charge in [-0.2, -0.15) is 0 Å². The zero-order valence-electron chi connectivity index (χ0n) is 13.3. The monoisotopic (exact) mass is 343 g/mol. The molecular weight excluding hydrogens is 326 g/mol. The molecule has 2 N–H and O–H groups in total. The second-order valence-electron chi connectivity index (χ2n) is 5.04. The average Bonchev–Trinajstić information content (AvgIpc) is 3.06. The number of carbonyl (C=O) groups is 2. The van der Waals surface area contributed by atoms with Gasteiger partial charge in [-0.25, -0.2) is 0 Å². The number of nitrogens with one attached hydrogen (secondary N) is 2. The normalized spacial score (nSPS) is 10.4. The molecule has 1 aromatic heterocycles. The lowest BCUT2D eigenvalue weighted by Crippen LogP contribution is -2.33. The van der Waals surface area contributed by atoms with Crippen molar-refractivity contribution in [1.82, 2.24) is 10.2 Å². The summed E-state index contributed by atoms with van der Waals surface area (Å²) in [5.74, 6) is -0.00351. The highest BCUT2D eigenvalue weighted by atomic mass is 32.1. The Morgan fingerprint density at radius 2 is 1.92 bits per heavy atom. The van der Waals surface area contributed by atoms with Crippen LogP contribution in [0.2, 0.25) is 0 Å². The van der Waals surface area contributed by atoms with Gasteiger partial charge in [0.05, 0.1) is 17.5 Å². The fourth-order valence-electron chi connectivity index (χ4n) is 1.87. The molecule has 0 bridgehead atoms. The maximum atomic E-state index is 12.1. The third kappa shape index (κ3) is 4.79. The molecule has 0 atom stereocenters. The van der Waals surface area contributed by atoms with E-state index in [0.717, 1.165) is 0 Å². The van der Waals surface area contributed by atoms with E-state index in [1.54, 1.807) is 50.5 Å². The number of nitrogens with zero attached hydrogens (tertiary/aromatic N) is 1. The number of carbonyl (C=O) groups excluding carboxylic acids is 2. The van der Waals surface area contributed by atoms with E-state index in [-0.39, 0.29) is 11.0 Å². The summed E-state index contributed by atoms with van der Waals surface area (Å²) in [5.41, 5.74) is 0.988. The molecule has 0 radical (unpaired) electrons. The van der Waals surface area contributed by atoms with Crippen molar-refractivity contribution in [1.29, 1.82) is 0 Å². The molecule has 0 saturated carbocycles. The summed E-state index contributed by atoms with van der Waals surface area (Å²) >= 11 is 5.11. The van der Waals surface area contributed by atoms with Gasteiger partial charge in [0.15, 0.2) is 5.11 Å². The third-order valence-corrected chi connectivity index (χ3v) is 3.19. The minimum atomic E-state index is -0.402. The Hall–Kier alpha value is -2.93. The van der Waals surface area contributed by atoms with E-state index in [4.69, 9.17) is 16.6 Å². The molecule has 24 heavy (non-hydrogen) atoms. The van der Waals surface area contributed by atoms with Gasteiger partial charge in [0, 0.05) is 20.2 Å². The molecule has 7 heteroatoms. The van der Waals surface area contributed by atoms with Crippen molar-refractivity contribution in [3.8, 4) is 0 Å². The fraction of sp³-hybridized carbons (Fsp3) is 0.118. The number of amides is 2. The van der Waals surface area contributed by atoms with E-state index in [0.29, 0.717) is 17.0 Å². The van der Waals surface area contributed by atoms with E-state index in [1.807, 2.05) is 0 Å². The van der Waals surface area contributed by atoms with Gasteiger partial charge in [-0.1, -0.05) is 12.1 Å². The molecule has 0 fully saturated rings. The van der Waals surface area contributed by atoms with Crippen molar-refractivity contribution < 1.29 is 14.0 Å². The SMILES string of the molecule is CN(C)C(=O)c1ccccc1NC(=S)NC(=O)/C=C/c1ccco1. The first-order chi connectivity index (χ1) is 11.5. The van der Waals surface area contributed by atoms with Crippen molar-refractivity contribution in [3.05, 3.63) is 60.1 Å². The second kappa shape index (κ2) is 8.07. The molecule has 2 aromatic rings. The van der Waals surface area contributed by atoms with Crippen LogP contribution in [-0.4, -0.2) is 35.9 Å². The molecule has 0 aliphatic rings. The molecule has 2 amide bonds. The van der Waals surface area contributed by atoms with Gasteiger partial charge in [0.2, 0.25) is 5.91 Å². The number of para-hydroxylation sites is 1. The maximum absolute atomic E-state index is 12.1. The second-order valence-corrected chi connectivity index (χ2v) is 5.45. The first kappa shape index (κ1) is 17.4. The summed E-state index contributed by atoms with van der Waals surface area (Å²) < 4.78 is 5.09. The number of rotatable bonds is 4. The maximum Gasteiger partial charge on any atom is 0.255 e. The molecular formula is C17H17N3O3S. The van der Waals surface area contributed by atoms with Crippen LogP contribution in [0, 0.1) is 0 Å². The van der Waals surface area contributed by atoms with Crippen LogP contribution in [0.1, 0.15) is 16.1 Å². The Labute approximate surface area is 145 Å². The van der Waals surface area contributed by atoms with Gasteiger partial charge >= 0.3 is 0 Å². The van der Waals surface area contributed by atoms with E-state index < -0.39 is 5.91 Å². The van der Waals surface area contributed by atoms with Crippen molar-refractivity contribution in [2.45, 2.75) is 0 Å². The van der Waals surface area contributed by atoms with Crippen LogP contribution in [0.15, 0.2) is 53.2 Å². The zero-order valence-corrected chi connectivity index (χ0v) is 14.1. The lowest BCUT2D eigenvalue weighted by molar-refractivity contribution is -0.115. The van der Waals surface area contributed by atoms with Crippen molar-refractivity contribution in [2.75, 3.05) is 19.4 Å². The van der Waals surface area contributed by atoms with Gasteiger partial charge < -0.3 is 14.6 Å². The minimum absolute atomic E-state index is 0.100. The summed E-state index contributed by atoms with van der Waals surface area (Å²) in [7, 11) is 3.33. The van der Waals surface area contributed by atoms with Crippen molar-refractivity contribution in [3.63, 3.8) is 0 Å². The Bertz CT molecular complexity index is 767. The highest BCUT2D eigenvalue weighted by molar-refractivity contribution is 7.80. The molecule has 0 aliphatic heterocycles. The van der Waals surface area contributed by atoms with Gasteiger partial charge in [-0.05, 0) is 42.6 Å². The molecule has 0 spiro atoms. The molecule has 1 aromatic carbocycles. The number of hydrogen-bond donors (Lipinski definition) is 2. The minimum Gasteiger partial charge on any atom is -0.465 e. The summed E-state index contributed by atoms with van der Waals surface area (Å²) in [4.78, 5) is 25.4. The number of furan rings is 1. The van der Waals surface area contributed by atoms with E-state index >= 15 is 0 Å². The van der Waals surface area contributed by atoms with Gasteiger partial charge in [0.1, 0.15) is 5.76 Å². The van der Waals surface area contributed by atoms with E-state index in [1.165, 1.54) is 23.3 Å².